The highest BCUT2D eigenvalue weighted by Gasteiger charge is 2.68. The minimum absolute atomic E-state index is 0.0126. The van der Waals surface area contributed by atoms with Crippen LogP contribution in [-0.4, -0.2) is 35.0 Å². The van der Waals surface area contributed by atoms with Crippen molar-refractivity contribution in [2.45, 2.75) is 56.3 Å². The molecule has 2 N–H and O–H groups in total. The van der Waals surface area contributed by atoms with Crippen molar-refractivity contribution in [2.24, 2.45) is 5.41 Å². The highest BCUT2D eigenvalue weighted by molar-refractivity contribution is 6.31. The van der Waals surface area contributed by atoms with Crippen molar-refractivity contribution < 1.29 is 28.6 Å². The fourth-order valence-corrected chi connectivity index (χ4v) is 6.01. The summed E-state index contributed by atoms with van der Waals surface area (Å²) in [6.45, 7) is 1.43. The molecule has 1 amide bonds. The molecular weight excluding hydrogens is 484 g/mol. The number of hydrogen-bond donors (Lipinski definition) is 2. The highest BCUT2D eigenvalue weighted by atomic mass is 35.5. The monoisotopic (exact) mass is 507 g/mol. The summed E-state index contributed by atoms with van der Waals surface area (Å²) >= 11 is 11.7. The summed E-state index contributed by atoms with van der Waals surface area (Å²) in [6, 6.07) is 9.02. The van der Waals surface area contributed by atoms with Gasteiger partial charge in [-0.2, -0.15) is 0 Å². The van der Waals surface area contributed by atoms with Crippen LogP contribution in [0.15, 0.2) is 36.4 Å². The zero-order valence-electron chi connectivity index (χ0n) is 18.5. The second-order valence-electron chi connectivity index (χ2n) is 10.1. The summed E-state index contributed by atoms with van der Waals surface area (Å²) in [5.41, 5.74) is -1.07. The molecule has 3 fully saturated rings. The lowest BCUT2D eigenvalue weighted by Crippen LogP contribution is -2.75. The number of aliphatic hydroxyl groups is 1. The lowest BCUT2D eigenvalue weighted by atomic mass is 9.38. The molecule has 0 saturated heterocycles. The molecule has 2 atom stereocenters. The second kappa shape index (κ2) is 8.11. The van der Waals surface area contributed by atoms with Gasteiger partial charge in [0.05, 0.1) is 10.6 Å². The van der Waals surface area contributed by atoms with Gasteiger partial charge in [0.25, 0.3) is 5.91 Å². The summed E-state index contributed by atoms with van der Waals surface area (Å²) in [5, 5.41) is 14.3. The van der Waals surface area contributed by atoms with Crippen LogP contribution in [0.4, 0.5) is 4.39 Å². The van der Waals surface area contributed by atoms with Gasteiger partial charge in [-0.25, -0.2) is 4.39 Å². The van der Waals surface area contributed by atoms with Gasteiger partial charge in [-0.3, -0.25) is 9.59 Å². The van der Waals surface area contributed by atoms with Crippen LogP contribution in [0.1, 0.15) is 44.6 Å². The van der Waals surface area contributed by atoms with Crippen LogP contribution in [-0.2, 0) is 15.2 Å². The number of carbonyl (C=O) groups excluding carboxylic acids is 2. The molecule has 2 aromatic carbocycles. The van der Waals surface area contributed by atoms with Crippen LogP contribution in [0.3, 0.4) is 0 Å². The zero-order valence-corrected chi connectivity index (χ0v) is 20.0. The van der Waals surface area contributed by atoms with Crippen molar-refractivity contribution in [1.29, 1.82) is 0 Å². The molecule has 1 aliphatic heterocycles. The Kier molecular flexibility index (Phi) is 5.58. The van der Waals surface area contributed by atoms with Crippen LogP contribution >= 0.6 is 23.2 Å². The Hall–Kier alpha value is -2.35. The molecule has 0 unspecified atom stereocenters. The SMILES string of the molecule is C[C@@]1(O)C[C@@H](C(=O)CC23CC(NC(=O)COc4ccc(Cl)c(F)c4)(C2)C3)Oc2ccc(Cl)cc21. The molecule has 0 aromatic heterocycles. The number of nitrogens with one attached hydrogen (secondary N) is 1. The maximum atomic E-state index is 13.5. The van der Waals surface area contributed by atoms with Crippen LogP contribution < -0.4 is 14.8 Å². The number of fused-ring (bicyclic) bond motifs is 1. The highest BCUT2D eigenvalue weighted by Crippen LogP contribution is 2.69. The van der Waals surface area contributed by atoms with E-state index < -0.39 is 17.5 Å². The van der Waals surface area contributed by atoms with E-state index in [0.29, 0.717) is 42.0 Å². The number of carbonyl (C=O) groups is 2. The third kappa shape index (κ3) is 4.25. The average Bonchev–Trinajstić information content (AvgIpc) is 2.72. The van der Waals surface area contributed by atoms with E-state index in [1.165, 1.54) is 12.1 Å². The van der Waals surface area contributed by atoms with E-state index in [0.717, 1.165) is 6.07 Å². The van der Waals surface area contributed by atoms with Crippen LogP contribution in [0.25, 0.3) is 0 Å². The minimum Gasteiger partial charge on any atom is -0.484 e. The Morgan fingerprint density at radius 2 is 1.94 bits per heavy atom. The molecule has 3 saturated carbocycles. The largest absolute Gasteiger partial charge is 0.484 e. The molecule has 6 nitrogen and oxygen atoms in total. The van der Waals surface area contributed by atoms with Crippen molar-refractivity contribution in [2.75, 3.05) is 6.61 Å². The van der Waals surface area contributed by atoms with E-state index in [4.69, 9.17) is 32.7 Å². The number of benzene rings is 2. The summed E-state index contributed by atoms with van der Waals surface area (Å²) in [7, 11) is 0. The number of ketones is 1. The fraction of sp³-hybridized carbons (Fsp3) is 0.440. The molecule has 9 heteroatoms. The standard InChI is InChI=1S/C25H24Cl2FNO5/c1-23(32)9-21(34-20-5-2-14(26)6-16(20)23)19(30)8-24-11-25(12-24,13-24)29-22(31)10-33-15-3-4-17(27)18(28)7-15/h2-7,21,32H,8-13H2,1H3,(H,29,31)/t21-,23+,24?,25?/m0/s1. The summed E-state index contributed by atoms with van der Waals surface area (Å²) in [6.07, 6.45) is 1.92. The minimum atomic E-state index is -1.21. The number of hydrogen-bond acceptors (Lipinski definition) is 5. The van der Waals surface area contributed by atoms with E-state index in [-0.39, 0.29) is 46.4 Å². The summed E-state index contributed by atoms with van der Waals surface area (Å²) in [5.74, 6) is -0.253. The predicted molar refractivity (Wildman–Crippen MR) is 124 cm³/mol. The quantitative estimate of drug-likeness (QED) is 0.573. The van der Waals surface area contributed by atoms with Gasteiger partial charge in [-0.1, -0.05) is 23.2 Å². The van der Waals surface area contributed by atoms with Gasteiger partial charge in [0.1, 0.15) is 17.3 Å². The Labute approximate surface area is 206 Å². The van der Waals surface area contributed by atoms with Gasteiger partial charge in [0.2, 0.25) is 0 Å². The lowest BCUT2D eigenvalue weighted by molar-refractivity contribution is -0.176. The molecular formula is C25H24Cl2FNO5. The van der Waals surface area contributed by atoms with Gasteiger partial charge in [0, 0.05) is 35.0 Å². The Morgan fingerprint density at radius 1 is 1.21 bits per heavy atom. The molecule has 34 heavy (non-hydrogen) atoms. The van der Waals surface area contributed by atoms with Crippen molar-refractivity contribution in [1.82, 2.24) is 5.32 Å². The first-order valence-corrected chi connectivity index (χ1v) is 11.8. The predicted octanol–water partition coefficient (Wildman–Crippen LogP) is 4.57. The molecule has 2 bridgehead atoms. The molecule has 0 spiro atoms. The van der Waals surface area contributed by atoms with Crippen LogP contribution in [0, 0.1) is 11.2 Å². The van der Waals surface area contributed by atoms with E-state index in [2.05, 4.69) is 5.32 Å². The van der Waals surface area contributed by atoms with Crippen molar-refractivity contribution in [3.8, 4) is 11.5 Å². The van der Waals surface area contributed by atoms with Crippen LogP contribution in [0.2, 0.25) is 10.0 Å². The van der Waals surface area contributed by atoms with E-state index in [9.17, 15) is 19.1 Å². The number of Topliss-reactive ketones (excluding diaryl/α,β-unsaturated/α-hetero) is 1. The maximum Gasteiger partial charge on any atom is 0.258 e. The first-order chi connectivity index (χ1) is 16.0. The topological polar surface area (TPSA) is 84.9 Å². The lowest BCUT2D eigenvalue weighted by Gasteiger charge is -2.70. The normalized spacial score (nSPS) is 30.8. The zero-order chi connectivity index (χ0) is 24.3. The molecule has 0 radical (unpaired) electrons. The number of halogens is 3. The molecule has 2 aromatic rings. The smallest absolute Gasteiger partial charge is 0.258 e. The first-order valence-electron chi connectivity index (χ1n) is 11.1. The van der Waals surface area contributed by atoms with Gasteiger partial charge in [0.15, 0.2) is 18.5 Å². The third-order valence-corrected chi connectivity index (χ3v) is 7.63. The van der Waals surface area contributed by atoms with E-state index in [1.807, 2.05) is 0 Å². The molecule has 3 aliphatic carbocycles. The maximum absolute atomic E-state index is 13.5. The Bertz CT molecular complexity index is 1160. The second-order valence-corrected chi connectivity index (χ2v) is 10.9. The molecule has 180 valence electrons. The van der Waals surface area contributed by atoms with Crippen molar-refractivity contribution >= 4 is 34.9 Å². The summed E-state index contributed by atoms with van der Waals surface area (Å²) in [4.78, 5) is 25.3. The van der Waals surface area contributed by atoms with E-state index in [1.54, 1.807) is 25.1 Å². The number of ether oxygens (including phenoxy) is 2. The molecule has 6 rings (SSSR count). The van der Waals surface area contributed by atoms with Crippen molar-refractivity contribution in [3.05, 3.63) is 57.8 Å². The number of rotatable bonds is 7. The molecule has 4 aliphatic rings. The average molecular weight is 508 g/mol. The third-order valence-electron chi connectivity index (χ3n) is 7.09. The van der Waals surface area contributed by atoms with Gasteiger partial charge < -0.3 is 19.9 Å². The van der Waals surface area contributed by atoms with Gasteiger partial charge in [-0.05, 0) is 61.9 Å². The Morgan fingerprint density at radius 3 is 2.65 bits per heavy atom. The Balaban J connectivity index is 1.12. The fourth-order valence-electron chi connectivity index (χ4n) is 5.72. The van der Waals surface area contributed by atoms with Gasteiger partial charge in [-0.15, -0.1) is 0 Å². The van der Waals surface area contributed by atoms with Crippen LogP contribution in [0.5, 0.6) is 11.5 Å². The first kappa shape index (κ1) is 23.4. The number of amides is 1. The van der Waals surface area contributed by atoms with Gasteiger partial charge >= 0.3 is 0 Å². The van der Waals surface area contributed by atoms with Crippen molar-refractivity contribution in [3.63, 3.8) is 0 Å². The molecule has 1 heterocycles. The van der Waals surface area contributed by atoms with E-state index >= 15 is 0 Å². The summed E-state index contributed by atoms with van der Waals surface area (Å²) < 4.78 is 24.7.